The zero-order valence-corrected chi connectivity index (χ0v) is 11.6. The minimum atomic E-state index is -0.144. The van der Waals surface area contributed by atoms with Gasteiger partial charge in [0.2, 0.25) is 0 Å². The highest BCUT2D eigenvalue weighted by atomic mass is 16.5. The number of nitrogens with zero attached hydrogens (tertiary/aromatic N) is 2. The first-order chi connectivity index (χ1) is 9.21. The van der Waals surface area contributed by atoms with E-state index in [1.165, 1.54) is 0 Å². The van der Waals surface area contributed by atoms with Gasteiger partial charge in [0, 0.05) is 12.6 Å². The molecule has 0 radical (unpaired) electrons. The van der Waals surface area contributed by atoms with Crippen molar-refractivity contribution in [1.82, 2.24) is 15.2 Å². The summed E-state index contributed by atoms with van der Waals surface area (Å²) >= 11 is 0. The summed E-state index contributed by atoms with van der Waals surface area (Å²) in [7, 11) is 3.58. The molecule has 5 heteroatoms. The average molecular weight is 260 g/mol. The molecule has 0 fully saturated rings. The quantitative estimate of drug-likeness (QED) is 0.632. The van der Waals surface area contributed by atoms with Crippen molar-refractivity contribution in [3.05, 3.63) is 47.3 Å². The SMILES string of the molecule is CCc1cc(C(NN)c2ccccc2OC)n(C)n1. The van der Waals surface area contributed by atoms with Crippen LogP contribution in [0.2, 0.25) is 0 Å². The van der Waals surface area contributed by atoms with Gasteiger partial charge in [-0.05, 0) is 18.6 Å². The Labute approximate surface area is 113 Å². The number of methoxy groups -OCH3 is 1. The van der Waals surface area contributed by atoms with Gasteiger partial charge in [-0.25, -0.2) is 5.43 Å². The van der Waals surface area contributed by atoms with Crippen LogP contribution in [0.4, 0.5) is 0 Å². The predicted molar refractivity (Wildman–Crippen MR) is 74.7 cm³/mol. The molecule has 0 saturated heterocycles. The first-order valence-corrected chi connectivity index (χ1v) is 6.33. The minimum Gasteiger partial charge on any atom is -0.496 e. The van der Waals surface area contributed by atoms with Crippen molar-refractivity contribution >= 4 is 0 Å². The summed E-state index contributed by atoms with van der Waals surface area (Å²) < 4.78 is 7.25. The molecule has 19 heavy (non-hydrogen) atoms. The van der Waals surface area contributed by atoms with Gasteiger partial charge < -0.3 is 4.74 Å². The summed E-state index contributed by atoms with van der Waals surface area (Å²) in [6.45, 7) is 2.08. The largest absolute Gasteiger partial charge is 0.496 e. The molecule has 1 atom stereocenters. The molecular weight excluding hydrogens is 240 g/mol. The molecular formula is C14H20N4O. The van der Waals surface area contributed by atoms with E-state index in [-0.39, 0.29) is 6.04 Å². The molecule has 0 aliphatic rings. The van der Waals surface area contributed by atoms with Crippen LogP contribution in [-0.4, -0.2) is 16.9 Å². The number of aromatic nitrogens is 2. The Morgan fingerprint density at radius 2 is 2.16 bits per heavy atom. The molecule has 2 aromatic rings. The van der Waals surface area contributed by atoms with Crippen LogP contribution in [0.5, 0.6) is 5.75 Å². The molecule has 1 aromatic heterocycles. The van der Waals surface area contributed by atoms with E-state index in [0.29, 0.717) is 0 Å². The Morgan fingerprint density at radius 3 is 2.74 bits per heavy atom. The molecule has 0 aliphatic heterocycles. The molecule has 1 unspecified atom stereocenters. The fourth-order valence-corrected chi connectivity index (χ4v) is 2.23. The van der Waals surface area contributed by atoms with Crippen LogP contribution in [0.1, 0.15) is 29.9 Å². The van der Waals surface area contributed by atoms with Crippen LogP contribution in [0.25, 0.3) is 0 Å². The molecule has 5 nitrogen and oxygen atoms in total. The highest BCUT2D eigenvalue weighted by Gasteiger charge is 2.20. The van der Waals surface area contributed by atoms with Gasteiger partial charge in [-0.3, -0.25) is 10.5 Å². The monoisotopic (exact) mass is 260 g/mol. The fourth-order valence-electron chi connectivity index (χ4n) is 2.23. The van der Waals surface area contributed by atoms with E-state index in [9.17, 15) is 0 Å². The Bertz CT molecular complexity index is 550. The maximum absolute atomic E-state index is 5.73. The summed E-state index contributed by atoms with van der Waals surface area (Å²) in [5.74, 6) is 6.54. The number of benzene rings is 1. The molecule has 0 saturated carbocycles. The summed E-state index contributed by atoms with van der Waals surface area (Å²) in [6.07, 6.45) is 0.900. The second-order valence-corrected chi connectivity index (χ2v) is 4.38. The standard InChI is InChI=1S/C14H20N4O/c1-4-10-9-12(18(2)17-10)14(16-15)11-7-5-6-8-13(11)19-3/h5-9,14,16H,4,15H2,1-3H3. The summed E-state index contributed by atoms with van der Waals surface area (Å²) in [6, 6.07) is 9.76. The number of nitrogens with one attached hydrogen (secondary N) is 1. The molecule has 102 valence electrons. The fraction of sp³-hybridized carbons (Fsp3) is 0.357. The number of aryl methyl sites for hydroxylation is 2. The molecule has 0 spiro atoms. The Kier molecular flexibility index (Phi) is 4.19. The van der Waals surface area contributed by atoms with Crippen LogP contribution in [0.3, 0.4) is 0 Å². The normalized spacial score (nSPS) is 12.4. The maximum Gasteiger partial charge on any atom is 0.124 e. The number of para-hydroxylation sites is 1. The lowest BCUT2D eigenvalue weighted by atomic mass is 10.0. The first-order valence-electron chi connectivity index (χ1n) is 6.33. The third-order valence-corrected chi connectivity index (χ3v) is 3.24. The van der Waals surface area contributed by atoms with Gasteiger partial charge in [-0.15, -0.1) is 0 Å². The van der Waals surface area contributed by atoms with Crippen molar-refractivity contribution in [2.45, 2.75) is 19.4 Å². The van der Waals surface area contributed by atoms with Gasteiger partial charge in [0.1, 0.15) is 5.75 Å². The maximum atomic E-state index is 5.73. The van der Waals surface area contributed by atoms with Gasteiger partial charge in [0.15, 0.2) is 0 Å². The summed E-state index contributed by atoms with van der Waals surface area (Å²) in [5, 5.41) is 4.46. The summed E-state index contributed by atoms with van der Waals surface area (Å²) in [5.41, 5.74) is 5.91. The number of hydrogen-bond acceptors (Lipinski definition) is 4. The van der Waals surface area contributed by atoms with Crippen molar-refractivity contribution in [2.24, 2.45) is 12.9 Å². The van der Waals surface area contributed by atoms with Crippen molar-refractivity contribution < 1.29 is 4.74 Å². The third kappa shape index (κ3) is 2.62. The van der Waals surface area contributed by atoms with Crippen LogP contribution in [0, 0.1) is 0 Å². The highest BCUT2D eigenvalue weighted by Crippen LogP contribution is 2.29. The lowest BCUT2D eigenvalue weighted by Crippen LogP contribution is -2.30. The van der Waals surface area contributed by atoms with Gasteiger partial charge in [0.25, 0.3) is 0 Å². The van der Waals surface area contributed by atoms with Crippen LogP contribution < -0.4 is 16.0 Å². The average Bonchev–Trinajstić information content (AvgIpc) is 2.82. The Balaban J connectivity index is 2.46. The molecule has 0 bridgehead atoms. The van der Waals surface area contributed by atoms with E-state index in [1.54, 1.807) is 7.11 Å². The number of hydrazine groups is 1. The first kappa shape index (κ1) is 13.6. The van der Waals surface area contributed by atoms with E-state index in [2.05, 4.69) is 23.5 Å². The van der Waals surface area contributed by atoms with E-state index in [1.807, 2.05) is 36.0 Å². The highest BCUT2D eigenvalue weighted by molar-refractivity contribution is 5.40. The number of ether oxygens (including phenoxy) is 1. The minimum absolute atomic E-state index is 0.144. The van der Waals surface area contributed by atoms with E-state index in [4.69, 9.17) is 10.6 Å². The van der Waals surface area contributed by atoms with Crippen molar-refractivity contribution in [2.75, 3.05) is 7.11 Å². The van der Waals surface area contributed by atoms with Crippen molar-refractivity contribution in [3.8, 4) is 5.75 Å². The third-order valence-electron chi connectivity index (χ3n) is 3.24. The Morgan fingerprint density at radius 1 is 1.42 bits per heavy atom. The van der Waals surface area contributed by atoms with Gasteiger partial charge in [-0.2, -0.15) is 5.10 Å². The lowest BCUT2D eigenvalue weighted by Gasteiger charge is -2.19. The van der Waals surface area contributed by atoms with E-state index < -0.39 is 0 Å². The molecule has 1 aromatic carbocycles. The lowest BCUT2D eigenvalue weighted by molar-refractivity contribution is 0.402. The second-order valence-electron chi connectivity index (χ2n) is 4.38. The van der Waals surface area contributed by atoms with Crippen LogP contribution in [0.15, 0.2) is 30.3 Å². The van der Waals surface area contributed by atoms with Crippen LogP contribution in [-0.2, 0) is 13.5 Å². The second kappa shape index (κ2) is 5.86. The molecule has 0 amide bonds. The molecule has 1 heterocycles. The van der Waals surface area contributed by atoms with Crippen LogP contribution >= 0.6 is 0 Å². The molecule has 2 rings (SSSR count). The van der Waals surface area contributed by atoms with Gasteiger partial charge >= 0.3 is 0 Å². The molecule has 3 N–H and O–H groups in total. The van der Waals surface area contributed by atoms with Gasteiger partial charge in [0.05, 0.1) is 24.5 Å². The zero-order valence-electron chi connectivity index (χ0n) is 11.6. The van der Waals surface area contributed by atoms with Crippen molar-refractivity contribution in [1.29, 1.82) is 0 Å². The summed E-state index contributed by atoms with van der Waals surface area (Å²) in [4.78, 5) is 0. The number of rotatable bonds is 5. The zero-order chi connectivity index (χ0) is 13.8. The smallest absolute Gasteiger partial charge is 0.124 e. The van der Waals surface area contributed by atoms with E-state index >= 15 is 0 Å². The number of hydrogen-bond donors (Lipinski definition) is 2. The van der Waals surface area contributed by atoms with E-state index in [0.717, 1.165) is 29.1 Å². The predicted octanol–water partition coefficient (Wildman–Crippen LogP) is 1.54. The number of nitrogens with two attached hydrogens (primary N) is 1. The Hall–Kier alpha value is -1.85. The van der Waals surface area contributed by atoms with Gasteiger partial charge in [-0.1, -0.05) is 25.1 Å². The topological polar surface area (TPSA) is 65.1 Å². The van der Waals surface area contributed by atoms with Crippen molar-refractivity contribution in [3.63, 3.8) is 0 Å². The molecule has 0 aliphatic carbocycles.